The number of thiazole rings is 1. The summed E-state index contributed by atoms with van der Waals surface area (Å²) in [5.41, 5.74) is 1.67. The zero-order valence-electron chi connectivity index (χ0n) is 11.6. The largest absolute Gasteiger partial charge is 0.343 e. The van der Waals surface area contributed by atoms with E-state index >= 15 is 0 Å². The molecule has 0 unspecified atom stereocenters. The Balaban J connectivity index is 1.67. The highest BCUT2D eigenvalue weighted by Crippen LogP contribution is 2.24. The number of aromatic nitrogens is 2. The SMILES string of the molecule is O=C1CCSC[C@@H](C(=O)Nc2nc(-c3cccnc3)cs2)N1. The molecule has 0 radical (unpaired) electrons. The molecule has 1 atom stereocenters. The first-order chi connectivity index (χ1) is 10.7. The van der Waals surface area contributed by atoms with Crippen molar-refractivity contribution in [3.8, 4) is 11.3 Å². The van der Waals surface area contributed by atoms with E-state index in [2.05, 4.69) is 20.6 Å². The van der Waals surface area contributed by atoms with E-state index in [1.165, 1.54) is 11.3 Å². The smallest absolute Gasteiger partial charge is 0.249 e. The molecule has 3 heterocycles. The van der Waals surface area contributed by atoms with Gasteiger partial charge in [-0.05, 0) is 12.1 Å². The van der Waals surface area contributed by atoms with Crippen LogP contribution < -0.4 is 10.6 Å². The van der Waals surface area contributed by atoms with Crippen molar-refractivity contribution in [1.82, 2.24) is 15.3 Å². The second kappa shape index (κ2) is 6.89. The lowest BCUT2D eigenvalue weighted by Gasteiger charge is -2.13. The van der Waals surface area contributed by atoms with Crippen molar-refractivity contribution in [1.29, 1.82) is 0 Å². The van der Waals surface area contributed by atoms with Gasteiger partial charge in [0.25, 0.3) is 0 Å². The van der Waals surface area contributed by atoms with Gasteiger partial charge in [-0.1, -0.05) is 0 Å². The molecule has 6 nitrogen and oxygen atoms in total. The molecule has 0 bridgehead atoms. The molecule has 2 amide bonds. The Morgan fingerprint density at radius 3 is 3.18 bits per heavy atom. The third-order valence-electron chi connectivity index (χ3n) is 3.10. The molecule has 1 aliphatic rings. The zero-order valence-corrected chi connectivity index (χ0v) is 13.2. The van der Waals surface area contributed by atoms with Crippen molar-refractivity contribution in [3.05, 3.63) is 29.9 Å². The number of carbonyl (C=O) groups excluding carboxylic acids is 2. The van der Waals surface area contributed by atoms with Crippen LogP contribution in [0.15, 0.2) is 29.9 Å². The fourth-order valence-electron chi connectivity index (χ4n) is 1.99. The van der Waals surface area contributed by atoms with Crippen LogP contribution >= 0.6 is 23.1 Å². The Labute approximate surface area is 135 Å². The summed E-state index contributed by atoms with van der Waals surface area (Å²) >= 11 is 2.95. The topological polar surface area (TPSA) is 84.0 Å². The monoisotopic (exact) mass is 334 g/mol. The average Bonchev–Trinajstić information content (AvgIpc) is 2.88. The second-order valence-corrected chi connectivity index (χ2v) is 6.72. The fraction of sp³-hybridized carbons (Fsp3) is 0.286. The van der Waals surface area contributed by atoms with Crippen LogP contribution in [0.25, 0.3) is 11.3 Å². The number of nitrogens with zero attached hydrogens (tertiary/aromatic N) is 2. The fourth-order valence-corrected chi connectivity index (χ4v) is 3.68. The number of anilines is 1. The molecule has 3 rings (SSSR count). The van der Waals surface area contributed by atoms with Crippen LogP contribution in [0.3, 0.4) is 0 Å². The summed E-state index contributed by atoms with van der Waals surface area (Å²) in [4.78, 5) is 32.2. The zero-order chi connectivity index (χ0) is 15.4. The first-order valence-corrected chi connectivity index (χ1v) is 8.80. The van der Waals surface area contributed by atoms with Crippen LogP contribution in [0, 0.1) is 0 Å². The summed E-state index contributed by atoms with van der Waals surface area (Å²) in [5.74, 6) is 1.02. The summed E-state index contributed by atoms with van der Waals surface area (Å²) in [7, 11) is 0. The van der Waals surface area contributed by atoms with Gasteiger partial charge in [-0.25, -0.2) is 4.98 Å². The standard InChI is InChI=1S/C14H14N4O2S2/c19-12-3-5-21-7-11(16-12)13(20)18-14-17-10(8-22-14)9-2-1-4-15-6-9/h1-2,4,6,8,11H,3,5,7H2,(H,16,19)(H,17,18,20)/t11-/m0/s1. The highest BCUT2D eigenvalue weighted by atomic mass is 32.2. The van der Waals surface area contributed by atoms with Crippen molar-refractivity contribution < 1.29 is 9.59 Å². The number of hydrogen-bond acceptors (Lipinski definition) is 6. The number of nitrogens with one attached hydrogen (secondary N) is 2. The molecule has 114 valence electrons. The third-order valence-corrected chi connectivity index (χ3v) is 4.92. The van der Waals surface area contributed by atoms with E-state index in [0.29, 0.717) is 17.3 Å². The van der Waals surface area contributed by atoms with Gasteiger partial charge in [-0.3, -0.25) is 14.6 Å². The lowest BCUT2D eigenvalue weighted by atomic mass is 10.2. The molecular formula is C14H14N4O2S2. The van der Waals surface area contributed by atoms with Gasteiger partial charge in [0, 0.05) is 41.3 Å². The summed E-state index contributed by atoms with van der Waals surface area (Å²) in [6, 6.07) is 3.24. The summed E-state index contributed by atoms with van der Waals surface area (Å²) < 4.78 is 0. The van der Waals surface area contributed by atoms with E-state index in [4.69, 9.17) is 0 Å². The maximum atomic E-state index is 12.2. The summed E-state index contributed by atoms with van der Waals surface area (Å²) in [6.07, 6.45) is 3.88. The van der Waals surface area contributed by atoms with Gasteiger partial charge in [0.1, 0.15) is 6.04 Å². The van der Waals surface area contributed by atoms with Gasteiger partial charge in [-0.2, -0.15) is 11.8 Å². The predicted octanol–water partition coefficient (Wildman–Crippen LogP) is 1.77. The number of amides is 2. The van der Waals surface area contributed by atoms with Crippen LogP contribution in [0.1, 0.15) is 6.42 Å². The number of rotatable bonds is 3. The second-order valence-electron chi connectivity index (χ2n) is 4.71. The summed E-state index contributed by atoms with van der Waals surface area (Å²) in [5, 5.41) is 7.89. The Morgan fingerprint density at radius 1 is 1.45 bits per heavy atom. The first kappa shape index (κ1) is 15.0. The molecule has 1 saturated heterocycles. The third kappa shape index (κ3) is 3.63. The minimum Gasteiger partial charge on any atom is -0.343 e. The van der Waals surface area contributed by atoms with E-state index < -0.39 is 6.04 Å². The maximum absolute atomic E-state index is 12.2. The number of pyridine rings is 1. The molecule has 2 N–H and O–H groups in total. The van der Waals surface area contributed by atoms with E-state index in [-0.39, 0.29) is 11.8 Å². The lowest BCUT2D eigenvalue weighted by Crippen LogP contribution is -2.44. The predicted molar refractivity (Wildman–Crippen MR) is 87.8 cm³/mol. The van der Waals surface area contributed by atoms with E-state index in [1.54, 1.807) is 24.2 Å². The van der Waals surface area contributed by atoms with Crippen molar-refractivity contribution in [3.63, 3.8) is 0 Å². The Morgan fingerprint density at radius 2 is 2.36 bits per heavy atom. The molecule has 2 aromatic rings. The molecule has 8 heteroatoms. The Bertz CT molecular complexity index is 674. The van der Waals surface area contributed by atoms with Gasteiger partial charge in [0.2, 0.25) is 11.8 Å². The normalized spacial score (nSPS) is 18.4. The highest BCUT2D eigenvalue weighted by Gasteiger charge is 2.24. The number of carbonyl (C=O) groups is 2. The van der Waals surface area contributed by atoms with Crippen LogP contribution in [-0.4, -0.2) is 39.3 Å². The molecule has 0 aliphatic carbocycles. The first-order valence-electron chi connectivity index (χ1n) is 6.76. The maximum Gasteiger partial charge on any atom is 0.249 e. The van der Waals surface area contributed by atoms with Crippen LogP contribution in [0.5, 0.6) is 0 Å². The number of hydrogen-bond donors (Lipinski definition) is 2. The lowest BCUT2D eigenvalue weighted by molar-refractivity contribution is -0.125. The molecule has 1 fully saturated rings. The highest BCUT2D eigenvalue weighted by molar-refractivity contribution is 7.99. The van der Waals surface area contributed by atoms with Crippen molar-refractivity contribution in [2.75, 3.05) is 16.8 Å². The Kier molecular flexibility index (Phi) is 4.69. The van der Waals surface area contributed by atoms with E-state index in [0.717, 1.165) is 17.0 Å². The van der Waals surface area contributed by atoms with Crippen molar-refractivity contribution in [2.45, 2.75) is 12.5 Å². The average molecular weight is 334 g/mol. The van der Waals surface area contributed by atoms with Crippen LogP contribution in [0.4, 0.5) is 5.13 Å². The summed E-state index contributed by atoms with van der Waals surface area (Å²) in [6.45, 7) is 0. The quantitative estimate of drug-likeness (QED) is 0.894. The van der Waals surface area contributed by atoms with Crippen LogP contribution in [-0.2, 0) is 9.59 Å². The molecule has 0 aromatic carbocycles. The van der Waals surface area contributed by atoms with Gasteiger partial charge in [0.05, 0.1) is 5.69 Å². The Hall–Kier alpha value is -1.93. The van der Waals surface area contributed by atoms with Crippen LogP contribution in [0.2, 0.25) is 0 Å². The van der Waals surface area contributed by atoms with E-state index in [1.807, 2.05) is 17.5 Å². The molecule has 0 spiro atoms. The van der Waals surface area contributed by atoms with Gasteiger partial charge in [0.15, 0.2) is 5.13 Å². The van der Waals surface area contributed by atoms with E-state index in [9.17, 15) is 9.59 Å². The van der Waals surface area contributed by atoms with Gasteiger partial charge in [-0.15, -0.1) is 11.3 Å². The van der Waals surface area contributed by atoms with Crippen molar-refractivity contribution >= 4 is 40.0 Å². The molecular weight excluding hydrogens is 320 g/mol. The van der Waals surface area contributed by atoms with Gasteiger partial charge < -0.3 is 10.6 Å². The number of thioether (sulfide) groups is 1. The molecule has 1 aliphatic heterocycles. The van der Waals surface area contributed by atoms with Gasteiger partial charge >= 0.3 is 0 Å². The minimum atomic E-state index is -0.509. The van der Waals surface area contributed by atoms with Crippen molar-refractivity contribution in [2.24, 2.45) is 0 Å². The minimum absolute atomic E-state index is 0.0830. The molecule has 22 heavy (non-hydrogen) atoms. The molecule has 0 saturated carbocycles. The molecule has 2 aromatic heterocycles.